The van der Waals surface area contributed by atoms with Gasteiger partial charge in [0.15, 0.2) is 0 Å². The summed E-state index contributed by atoms with van der Waals surface area (Å²) < 4.78 is 7.41. The number of aromatic nitrogens is 2. The Bertz CT molecular complexity index is 605. The largest absolute Gasteiger partial charge is 0.462 e. The molecule has 2 unspecified atom stereocenters. The number of ether oxygens (including phenoxy) is 1. The van der Waals surface area contributed by atoms with Crippen molar-refractivity contribution in [2.45, 2.75) is 45.1 Å². The number of hydrogen-bond donors (Lipinski definition) is 0. The molecule has 22 heavy (non-hydrogen) atoms. The highest BCUT2D eigenvalue weighted by Gasteiger charge is 2.22. The molecule has 0 saturated heterocycles. The smallest absolute Gasteiger partial charge is 0.310 e. The van der Waals surface area contributed by atoms with Gasteiger partial charge in [0, 0.05) is 12.4 Å². The summed E-state index contributed by atoms with van der Waals surface area (Å²) in [5.74, 6) is 0.547. The minimum absolute atomic E-state index is 0.111. The maximum atomic E-state index is 12.1. The van der Waals surface area contributed by atoms with Crippen LogP contribution in [0.4, 0.5) is 0 Å². The Balaban J connectivity index is 1.55. The molecule has 1 aromatic carbocycles. The van der Waals surface area contributed by atoms with Gasteiger partial charge in [-0.25, -0.2) is 4.68 Å². The summed E-state index contributed by atoms with van der Waals surface area (Å²) in [5, 5.41) is 4.19. The van der Waals surface area contributed by atoms with Gasteiger partial charge >= 0.3 is 5.97 Å². The van der Waals surface area contributed by atoms with Crippen LogP contribution in [0.3, 0.4) is 0 Å². The van der Waals surface area contributed by atoms with Crippen molar-refractivity contribution in [1.29, 1.82) is 0 Å². The molecule has 1 heterocycles. The quantitative estimate of drug-likeness (QED) is 0.811. The number of carbonyl (C=O) groups is 1. The zero-order chi connectivity index (χ0) is 15.4. The molecule has 2 atom stereocenters. The fourth-order valence-corrected chi connectivity index (χ4v) is 3.07. The molecule has 4 heteroatoms. The van der Waals surface area contributed by atoms with Gasteiger partial charge in [-0.1, -0.05) is 25.5 Å². The van der Waals surface area contributed by atoms with Gasteiger partial charge in [-0.05, 0) is 48.9 Å². The molecule has 1 saturated carbocycles. The van der Waals surface area contributed by atoms with E-state index < -0.39 is 0 Å². The molecule has 0 spiro atoms. The molecule has 1 aromatic heterocycles. The van der Waals surface area contributed by atoms with E-state index in [2.05, 4.69) is 12.0 Å². The first kappa shape index (κ1) is 14.8. The summed E-state index contributed by atoms with van der Waals surface area (Å²) in [5.41, 5.74) is 1.97. The Labute approximate surface area is 131 Å². The summed E-state index contributed by atoms with van der Waals surface area (Å²) >= 11 is 0. The average molecular weight is 298 g/mol. The third-order valence-corrected chi connectivity index (χ3v) is 4.24. The lowest BCUT2D eigenvalue weighted by atomic mass is 9.89. The van der Waals surface area contributed by atoms with Gasteiger partial charge in [-0.15, -0.1) is 0 Å². The first-order valence-corrected chi connectivity index (χ1v) is 7.99. The Morgan fingerprint density at radius 2 is 2.14 bits per heavy atom. The summed E-state index contributed by atoms with van der Waals surface area (Å²) in [7, 11) is 0. The summed E-state index contributed by atoms with van der Waals surface area (Å²) in [6.07, 6.45) is 8.52. The average Bonchev–Trinajstić information content (AvgIpc) is 3.02. The fourth-order valence-electron chi connectivity index (χ4n) is 3.07. The molecule has 0 aliphatic heterocycles. The lowest BCUT2D eigenvalue weighted by Crippen LogP contribution is -2.25. The van der Waals surface area contributed by atoms with Crippen molar-refractivity contribution in [2.24, 2.45) is 5.92 Å². The Kier molecular flexibility index (Phi) is 4.56. The first-order valence-electron chi connectivity index (χ1n) is 7.99. The van der Waals surface area contributed by atoms with E-state index >= 15 is 0 Å². The van der Waals surface area contributed by atoms with Crippen LogP contribution in [0.2, 0.25) is 0 Å². The predicted molar refractivity (Wildman–Crippen MR) is 84.8 cm³/mol. The normalized spacial score (nSPS) is 21.5. The van der Waals surface area contributed by atoms with Gasteiger partial charge in [0.05, 0.1) is 12.1 Å². The second-order valence-corrected chi connectivity index (χ2v) is 6.18. The van der Waals surface area contributed by atoms with Crippen LogP contribution in [-0.4, -0.2) is 21.9 Å². The molecule has 1 aliphatic carbocycles. The predicted octanol–water partition coefficient (Wildman–Crippen LogP) is 3.54. The van der Waals surface area contributed by atoms with E-state index in [1.54, 1.807) is 10.9 Å². The number of hydrogen-bond acceptors (Lipinski definition) is 3. The lowest BCUT2D eigenvalue weighted by Gasteiger charge is -2.26. The third kappa shape index (κ3) is 3.75. The van der Waals surface area contributed by atoms with E-state index in [9.17, 15) is 4.79 Å². The van der Waals surface area contributed by atoms with Crippen LogP contribution < -0.4 is 0 Å². The molecule has 0 amide bonds. The van der Waals surface area contributed by atoms with Gasteiger partial charge in [0.1, 0.15) is 6.10 Å². The van der Waals surface area contributed by atoms with Gasteiger partial charge in [0.2, 0.25) is 0 Å². The Morgan fingerprint density at radius 3 is 2.82 bits per heavy atom. The Morgan fingerprint density at radius 1 is 1.32 bits per heavy atom. The van der Waals surface area contributed by atoms with E-state index in [1.807, 2.05) is 36.5 Å². The first-order chi connectivity index (χ1) is 10.7. The topological polar surface area (TPSA) is 44.1 Å². The van der Waals surface area contributed by atoms with Crippen molar-refractivity contribution in [2.75, 3.05) is 0 Å². The minimum Gasteiger partial charge on any atom is -0.462 e. The molecule has 4 nitrogen and oxygen atoms in total. The van der Waals surface area contributed by atoms with Crippen molar-refractivity contribution in [3.8, 4) is 5.69 Å². The van der Waals surface area contributed by atoms with Crippen molar-refractivity contribution < 1.29 is 9.53 Å². The highest BCUT2D eigenvalue weighted by atomic mass is 16.5. The van der Waals surface area contributed by atoms with E-state index in [-0.39, 0.29) is 12.1 Å². The molecular weight excluding hydrogens is 276 g/mol. The highest BCUT2D eigenvalue weighted by Crippen LogP contribution is 2.26. The molecule has 0 bridgehead atoms. The Hall–Kier alpha value is -2.10. The minimum atomic E-state index is -0.120. The van der Waals surface area contributed by atoms with E-state index in [0.717, 1.165) is 30.5 Å². The van der Waals surface area contributed by atoms with Crippen LogP contribution >= 0.6 is 0 Å². The molecule has 0 N–H and O–H groups in total. The van der Waals surface area contributed by atoms with Crippen LogP contribution in [0, 0.1) is 5.92 Å². The van der Waals surface area contributed by atoms with Gasteiger partial charge < -0.3 is 4.74 Å². The number of benzene rings is 1. The van der Waals surface area contributed by atoms with Gasteiger partial charge in [0.25, 0.3) is 0 Å². The van der Waals surface area contributed by atoms with Gasteiger partial charge in [-0.3, -0.25) is 4.79 Å². The zero-order valence-electron chi connectivity index (χ0n) is 12.9. The zero-order valence-corrected chi connectivity index (χ0v) is 12.9. The monoisotopic (exact) mass is 298 g/mol. The summed E-state index contributed by atoms with van der Waals surface area (Å²) in [6.45, 7) is 2.23. The summed E-state index contributed by atoms with van der Waals surface area (Å²) in [6, 6.07) is 9.75. The van der Waals surface area contributed by atoms with E-state index in [4.69, 9.17) is 4.74 Å². The van der Waals surface area contributed by atoms with Crippen molar-refractivity contribution in [3.63, 3.8) is 0 Å². The van der Waals surface area contributed by atoms with Crippen LogP contribution in [0.25, 0.3) is 5.69 Å². The standard InChI is InChI=1S/C18H22N2O2/c1-14-4-2-5-17(12-14)22-18(21)13-15-6-8-16(9-7-15)20-11-3-10-19-20/h3,6-11,14,17H,2,4-5,12-13H2,1H3. The van der Waals surface area contributed by atoms with E-state index in [0.29, 0.717) is 12.3 Å². The maximum absolute atomic E-state index is 12.1. The van der Waals surface area contributed by atoms with Crippen molar-refractivity contribution >= 4 is 5.97 Å². The van der Waals surface area contributed by atoms with Crippen LogP contribution in [0.5, 0.6) is 0 Å². The van der Waals surface area contributed by atoms with Crippen LogP contribution in [0.15, 0.2) is 42.7 Å². The third-order valence-electron chi connectivity index (χ3n) is 4.24. The molecular formula is C18H22N2O2. The molecule has 3 rings (SSSR count). The second kappa shape index (κ2) is 6.77. The number of nitrogens with zero attached hydrogens (tertiary/aromatic N) is 2. The van der Waals surface area contributed by atoms with Crippen molar-refractivity contribution in [3.05, 3.63) is 48.3 Å². The summed E-state index contributed by atoms with van der Waals surface area (Å²) in [4.78, 5) is 12.1. The van der Waals surface area contributed by atoms with Crippen LogP contribution in [0.1, 0.15) is 38.2 Å². The molecule has 116 valence electrons. The van der Waals surface area contributed by atoms with Gasteiger partial charge in [-0.2, -0.15) is 5.10 Å². The molecule has 0 radical (unpaired) electrons. The second-order valence-electron chi connectivity index (χ2n) is 6.18. The highest BCUT2D eigenvalue weighted by molar-refractivity contribution is 5.72. The fraction of sp³-hybridized carbons (Fsp3) is 0.444. The molecule has 1 fully saturated rings. The maximum Gasteiger partial charge on any atom is 0.310 e. The SMILES string of the molecule is CC1CCCC(OC(=O)Cc2ccc(-n3cccn3)cc2)C1. The number of carbonyl (C=O) groups excluding carboxylic acids is 1. The number of rotatable bonds is 4. The van der Waals surface area contributed by atoms with Crippen LogP contribution in [-0.2, 0) is 16.0 Å². The lowest BCUT2D eigenvalue weighted by molar-refractivity contribution is -0.150. The molecule has 2 aromatic rings. The molecule has 1 aliphatic rings. The van der Waals surface area contributed by atoms with E-state index in [1.165, 1.54) is 6.42 Å². The van der Waals surface area contributed by atoms with Crippen molar-refractivity contribution in [1.82, 2.24) is 9.78 Å². The number of esters is 1.